The van der Waals surface area contributed by atoms with Crippen LogP contribution in [0, 0.1) is 0 Å². The first-order valence-electron chi connectivity index (χ1n) is 8.73. The lowest BCUT2D eigenvalue weighted by molar-refractivity contribution is 0.0994. The third kappa shape index (κ3) is 4.00. The normalized spacial score (nSPS) is 15.6. The summed E-state index contributed by atoms with van der Waals surface area (Å²) in [7, 11) is 0. The molecule has 148 valence electrons. The second kappa shape index (κ2) is 8.00. The van der Waals surface area contributed by atoms with E-state index in [4.69, 9.17) is 5.73 Å². The lowest BCUT2D eigenvalue weighted by Gasteiger charge is -2.06. The molecule has 0 saturated heterocycles. The molecule has 0 radical (unpaired) electrons. The molecule has 0 saturated carbocycles. The van der Waals surface area contributed by atoms with E-state index >= 15 is 0 Å². The Morgan fingerprint density at radius 1 is 1.14 bits per heavy atom. The zero-order valence-electron chi connectivity index (χ0n) is 15.1. The minimum Gasteiger partial charge on any atom is -0.364 e. The Morgan fingerprint density at radius 3 is 2.46 bits per heavy atom. The Morgan fingerprint density at radius 2 is 1.82 bits per heavy atom. The van der Waals surface area contributed by atoms with E-state index in [0.29, 0.717) is 11.6 Å². The number of aromatic nitrogens is 2. The molecule has 0 unspecified atom stereocenters. The van der Waals surface area contributed by atoms with Crippen molar-refractivity contribution in [3.63, 3.8) is 0 Å². The minimum atomic E-state index is -2.59. The number of halogens is 4. The van der Waals surface area contributed by atoms with Crippen LogP contribution in [-0.4, -0.2) is 15.3 Å². The van der Waals surface area contributed by atoms with Gasteiger partial charge in [0, 0.05) is 17.3 Å². The van der Waals surface area contributed by atoms with Gasteiger partial charge in [0.05, 0.1) is 6.20 Å². The maximum atomic E-state index is 12.4. The number of aryl methyl sites for hydroxylation is 1. The topological polar surface area (TPSA) is 60.4 Å². The van der Waals surface area contributed by atoms with E-state index in [1.165, 1.54) is 28.3 Å². The lowest BCUT2D eigenvalue weighted by atomic mass is 10.0. The van der Waals surface area contributed by atoms with Crippen LogP contribution in [0.4, 0.5) is 17.6 Å². The number of pyridine rings is 1. The molecule has 0 aliphatic heterocycles. The first-order chi connectivity index (χ1) is 13.3. The molecule has 4 rings (SSSR count). The SMILES string of the molecule is C[C@@H]1CCc2cc(C(F)F)ccc21.NC(=O)c1cnc2ccc(C(F)F)cn12. The van der Waals surface area contributed by atoms with Gasteiger partial charge in [-0.25, -0.2) is 22.5 Å². The molecule has 0 spiro atoms. The predicted octanol–water partition coefficient (Wildman–Crippen LogP) is 5.04. The van der Waals surface area contributed by atoms with Gasteiger partial charge in [0.2, 0.25) is 0 Å². The van der Waals surface area contributed by atoms with Gasteiger partial charge < -0.3 is 5.73 Å². The van der Waals surface area contributed by atoms with Crippen LogP contribution in [0.15, 0.2) is 42.7 Å². The monoisotopic (exact) mass is 393 g/mol. The molecule has 1 aromatic carbocycles. The van der Waals surface area contributed by atoms with E-state index in [9.17, 15) is 22.4 Å². The largest absolute Gasteiger partial charge is 0.364 e. The summed E-state index contributed by atoms with van der Waals surface area (Å²) >= 11 is 0. The Balaban J connectivity index is 0.000000162. The van der Waals surface area contributed by atoms with Crippen LogP contribution in [0.2, 0.25) is 0 Å². The smallest absolute Gasteiger partial charge is 0.267 e. The van der Waals surface area contributed by atoms with E-state index in [2.05, 4.69) is 11.9 Å². The van der Waals surface area contributed by atoms with Crippen molar-refractivity contribution in [2.24, 2.45) is 5.73 Å². The number of carbonyl (C=O) groups excluding carboxylic acids is 1. The number of nitrogens with zero attached hydrogens (tertiary/aromatic N) is 2. The number of nitrogens with two attached hydrogens (primary N) is 1. The molecule has 2 heterocycles. The number of rotatable bonds is 3. The van der Waals surface area contributed by atoms with Crippen molar-refractivity contribution in [3.8, 4) is 0 Å². The third-order valence-electron chi connectivity index (χ3n) is 4.83. The van der Waals surface area contributed by atoms with Crippen LogP contribution in [0.25, 0.3) is 5.65 Å². The van der Waals surface area contributed by atoms with Crippen LogP contribution in [-0.2, 0) is 6.42 Å². The van der Waals surface area contributed by atoms with Gasteiger partial charge in [-0.05, 0) is 48.1 Å². The van der Waals surface area contributed by atoms with Crippen LogP contribution in [0.5, 0.6) is 0 Å². The molecular weight excluding hydrogens is 374 g/mol. The van der Waals surface area contributed by atoms with Gasteiger partial charge in [-0.15, -0.1) is 0 Å². The summed E-state index contributed by atoms with van der Waals surface area (Å²) in [5.74, 6) is -0.157. The number of hydrogen-bond donors (Lipinski definition) is 1. The van der Waals surface area contributed by atoms with E-state index in [-0.39, 0.29) is 16.8 Å². The number of amides is 1. The van der Waals surface area contributed by atoms with Crippen molar-refractivity contribution in [3.05, 3.63) is 70.7 Å². The standard InChI is InChI=1S/C11H12F2.C9H7F2N3O/c1-7-2-3-8-6-9(11(12)13)4-5-10(7)8;10-8(11)5-1-2-7-13-3-6(9(12)15)14(7)4-5/h4-7,11H,2-3H2,1H3;1-4,8H,(H2,12,15)/t7-;/m1./s1. The number of fused-ring (bicyclic) bond motifs is 2. The van der Waals surface area contributed by atoms with Crippen molar-refractivity contribution in [1.29, 1.82) is 0 Å². The highest BCUT2D eigenvalue weighted by Gasteiger charge is 2.20. The molecule has 1 atom stereocenters. The van der Waals surface area contributed by atoms with Crippen LogP contribution < -0.4 is 5.73 Å². The number of primary amides is 1. The second-order valence-corrected chi connectivity index (χ2v) is 6.70. The summed E-state index contributed by atoms with van der Waals surface area (Å²) < 4.78 is 50.7. The van der Waals surface area contributed by atoms with Gasteiger partial charge >= 0.3 is 0 Å². The minimum absolute atomic E-state index is 0.0903. The fourth-order valence-corrected chi connectivity index (χ4v) is 3.29. The van der Waals surface area contributed by atoms with Crippen molar-refractivity contribution in [2.75, 3.05) is 0 Å². The van der Waals surface area contributed by atoms with Gasteiger partial charge in [0.1, 0.15) is 11.3 Å². The van der Waals surface area contributed by atoms with E-state index < -0.39 is 18.8 Å². The molecule has 28 heavy (non-hydrogen) atoms. The van der Waals surface area contributed by atoms with Crippen molar-refractivity contribution in [1.82, 2.24) is 9.38 Å². The summed E-state index contributed by atoms with van der Waals surface area (Å²) in [6.45, 7) is 2.15. The Labute approximate surface area is 159 Å². The maximum Gasteiger partial charge on any atom is 0.267 e. The predicted molar refractivity (Wildman–Crippen MR) is 96.8 cm³/mol. The zero-order chi connectivity index (χ0) is 20.4. The van der Waals surface area contributed by atoms with Gasteiger partial charge in [-0.2, -0.15) is 0 Å². The molecule has 0 fully saturated rings. The van der Waals surface area contributed by atoms with Crippen LogP contribution >= 0.6 is 0 Å². The first kappa shape index (κ1) is 19.9. The highest BCUT2D eigenvalue weighted by molar-refractivity contribution is 5.91. The van der Waals surface area contributed by atoms with Gasteiger partial charge in [-0.3, -0.25) is 9.20 Å². The van der Waals surface area contributed by atoms with E-state index in [1.54, 1.807) is 12.1 Å². The summed E-state index contributed by atoms with van der Waals surface area (Å²) in [5.41, 5.74) is 7.92. The highest BCUT2D eigenvalue weighted by atomic mass is 19.3. The quantitative estimate of drug-likeness (QED) is 0.634. The Kier molecular flexibility index (Phi) is 5.67. The highest BCUT2D eigenvalue weighted by Crippen LogP contribution is 2.34. The molecule has 1 amide bonds. The van der Waals surface area contributed by atoms with Crippen LogP contribution in [0.3, 0.4) is 0 Å². The summed E-state index contributed by atoms with van der Waals surface area (Å²) in [6.07, 6.45) is -0.447. The molecule has 1 aliphatic rings. The lowest BCUT2D eigenvalue weighted by Crippen LogP contribution is -2.13. The summed E-state index contributed by atoms with van der Waals surface area (Å²) in [4.78, 5) is 14.8. The number of benzene rings is 1. The van der Waals surface area contributed by atoms with Gasteiger partial charge in [0.15, 0.2) is 0 Å². The molecule has 2 N–H and O–H groups in total. The maximum absolute atomic E-state index is 12.4. The molecule has 8 heteroatoms. The third-order valence-corrected chi connectivity index (χ3v) is 4.83. The zero-order valence-corrected chi connectivity index (χ0v) is 15.1. The van der Waals surface area contributed by atoms with E-state index in [1.807, 2.05) is 6.07 Å². The molecule has 0 bridgehead atoms. The average molecular weight is 393 g/mol. The number of hydrogen-bond acceptors (Lipinski definition) is 2. The molecule has 2 aromatic heterocycles. The Bertz CT molecular complexity index is 1000. The molecule has 1 aliphatic carbocycles. The number of imidazole rings is 1. The van der Waals surface area contributed by atoms with Crippen molar-refractivity contribution in [2.45, 2.75) is 38.5 Å². The van der Waals surface area contributed by atoms with E-state index in [0.717, 1.165) is 24.6 Å². The molecular formula is C20H19F4N3O. The summed E-state index contributed by atoms with van der Waals surface area (Å²) in [6, 6.07) is 7.73. The molecule has 3 aromatic rings. The average Bonchev–Trinajstić information content (AvgIpc) is 3.25. The summed E-state index contributed by atoms with van der Waals surface area (Å²) in [5, 5.41) is 0. The first-order valence-corrected chi connectivity index (χ1v) is 8.73. The number of alkyl halides is 4. The van der Waals surface area contributed by atoms with Gasteiger partial charge in [-0.1, -0.05) is 19.1 Å². The van der Waals surface area contributed by atoms with Crippen molar-refractivity contribution >= 4 is 11.6 Å². The van der Waals surface area contributed by atoms with Crippen molar-refractivity contribution < 1.29 is 22.4 Å². The Hall–Kier alpha value is -2.90. The fourth-order valence-electron chi connectivity index (χ4n) is 3.29. The second-order valence-electron chi connectivity index (χ2n) is 6.70. The fraction of sp³-hybridized carbons (Fsp3) is 0.300. The van der Waals surface area contributed by atoms with Crippen LogP contribution in [0.1, 0.15) is 64.9 Å². The number of carbonyl (C=O) groups is 1. The van der Waals surface area contributed by atoms with Gasteiger partial charge in [0.25, 0.3) is 18.8 Å². The molecule has 4 nitrogen and oxygen atoms in total.